The predicted molar refractivity (Wildman–Crippen MR) is 128 cm³/mol. The van der Waals surface area contributed by atoms with Gasteiger partial charge in [-0.15, -0.1) is 0 Å². The van der Waals surface area contributed by atoms with Gasteiger partial charge < -0.3 is 19.6 Å². The Labute approximate surface area is 201 Å². The van der Waals surface area contributed by atoms with E-state index in [0.717, 1.165) is 19.0 Å². The predicted octanol–water partition coefficient (Wildman–Crippen LogP) is 4.31. The van der Waals surface area contributed by atoms with Gasteiger partial charge in [0.05, 0.1) is 6.61 Å². The molecule has 0 aromatic carbocycles. The molecule has 2 N–H and O–H groups in total. The number of carbonyl (C=O) groups is 1. The minimum atomic E-state index is -3.73. The summed E-state index contributed by atoms with van der Waals surface area (Å²) >= 11 is 0. The number of nitrogens with zero attached hydrogens (tertiary/aromatic N) is 2. The van der Waals surface area contributed by atoms with Gasteiger partial charge in [0.1, 0.15) is 11.9 Å². The molecule has 3 atom stereocenters. The smallest absolute Gasteiger partial charge is 0.351 e. The van der Waals surface area contributed by atoms with Gasteiger partial charge >= 0.3 is 11.6 Å². The van der Waals surface area contributed by atoms with Crippen LogP contribution < -0.4 is 11.0 Å². The van der Waals surface area contributed by atoms with Gasteiger partial charge in [-0.2, -0.15) is 13.8 Å². The van der Waals surface area contributed by atoms with Gasteiger partial charge in [-0.05, 0) is 37.0 Å². The van der Waals surface area contributed by atoms with Gasteiger partial charge in [-0.25, -0.2) is 4.79 Å². The van der Waals surface area contributed by atoms with E-state index >= 15 is 0 Å². The van der Waals surface area contributed by atoms with Crippen LogP contribution in [0.15, 0.2) is 17.1 Å². The Kier molecular flexibility index (Phi) is 9.17. The Morgan fingerprint density at radius 2 is 1.91 bits per heavy atom. The molecule has 1 amide bonds. The largest absolute Gasteiger partial charge is 0.414 e. The number of rotatable bonds is 10. The molecule has 1 fully saturated rings. The second-order valence-electron chi connectivity index (χ2n) is 10.5. The molecule has 0 saturated carbocycles. The molecule has 0 unspecified atom stereocenters. The van der Waals surface area contributed by atoms with E-state index in [9.17, 15) is 23.5 Å². The second kappa shape index (κ2) is 10.9. The molecule has 2 rings (SSSR count). The van der Waals surface area contributed by atoms with Crippen LogP contribution in [0.3, 0.4) is 0 Å². The molecule has 1 aromatic heterocycles. The molecule has 0 radical (unpaired) electrons. The van der Waals surface area contributed by atoms with E-state index in [1.165, 1.54) is 6.07 Å². The molecule has 11 heteroatoms. The van der Waals surface area contributed by atoms with Crippen molar-refractivity contribution in [2.45, 2.75) is 103 Å². The van der Waals surface area contributed by atoms with E-state index in [1.54, 1.807) is 0 Å². The first-order valence-electron chi connectivity index (χ1n) is 11.9. The SMILES string of the molecule is CCCC(CCC)C(=O)Nc1ccn([C@@H]2O[C@H](CO[Si](C)(C)C(C)(C)C)[C@@H](O)C2(F)F)c(=O)n1. The van der Waals surface area contributed by atoms with Crippen LogP contribution in [-0.4, -0.2) is 53.6 Å². The number of ether oxygens (including phenoxy) is 1. The minimum absolute atomic E-state index is 0.0110. The number of alkyl halides is 2. The summed E-state index contributed by atoms with van der Waals surface area (Å²) in [6, 6.07) is 1.28. The minimum Gasteiger partial charge on any atom is -0.414 e. The van der Waals surface area contributed by atoms with Crippen molar-refractivity contribution in [2.24, 2.45) is 5.92 Å². The monoisotopic (exact) mass is 503 g/mol. The molecular weight excluding hydrogens is 464 g/mol. The first-order chi connectivity index (χ1) is 15.7. The lowest BCUT2D eigenvalue weighted by Gasteiger charge is -2.37. The molecule has 194 valence electrons. The van der Waals surface area contributed by atoms with Crippen molar-refractivity contribution in [3.63, 3.8) is 0 Å². The van der Waals surface area contributed by atoms with Crippen LogP contribution in [0.2, 0.25) is 18.1 Å². The highest BCUT2D eigenvalue weighted by Gasteiger charge is 2.60. The number of nitrogens with one attached hydrogen (secondary N) is 1. The van der Waals surface area contributed by atoms with Crippen molar-refractivity contribution >= 4 is 20.0 Å². The van der Waals surface area contributed by atoms with Crippen molar-refractivity contribution in [1.29, 1.82) is 0 Å². The average molecular weight is 504 g/mol. The molecule has 34 heavy (non-hydrogen) atoms. The van der Waals surface area contributed by atoms with E-state index in [0.29, 0.717) is 17.4 Å². The number of hydrogen-bond acceptors (Lipinski definition) is 6. The highest BCUT2D eigenvalue weighted by atomic mass is 28.4. The Balaban J connectivity index is 2.17. The van der Waals surface area contributed by atoms with E-state index < -0.39 is 38.4 Å². The van der Waals surface area contributed by atoms with Crippen molar-refractivity contribution in [2.75, 3.05) is 11.9 Å². The van der Waals surface area contributed by atoms with E-state index in [1.807, 2.05) is 47.7 Å². The summed E-state index contributed by atoms with van der Waals surface area (Å²) < 4.78 is 41.8. The van der Waals surface area contributed by atoms with E-state index in [2.05, 4.69) is 10.3 Å². The number of aliphatic hydroxyl groups excluding tert-OH is 1. The van der Waals surface area contributed by atoms with E-state index in [-0.39, 0.29) is 29.3 Å². The lowest BCUT2D eigenvalue weighted by molar-refractivity contribution is -0.140. The Hall–Kier alpha value is -1.69. The maximum Gasteiger partial charge on any atom is 0.351 e. The fraction of sp³-hybridized carbons (Fsp3) is 0.783. The highest BCUT2D eigenvalue weighted by molar-refractivity contribution is 6.74. The maximum absolute atomic E-state index is 14.9. The van der Waals surface area contributed by atoms with Crippen LogP contribution in [0.1, 0.15) is 66.5 Å². The summed E-state index contributed by atoms with van der Waals surface area (Å²) in [6.45, 7) is 13.7. The lowest BCUT2D eigenvalue weighted by atomic mass is 9.97. The molecule has 0 bridgehead atoms. The first kappa shape index (κ1) is 28.5. The number of aromatic nitrogens is 2. The molecule has 1 aliphatic heterocycles. The fourth-order valence-corrected chi connectivity index (χ4v) is 4.62. The van der Waals surface area contributed by atoms with Gasteiger partial charge in [-0.3, -0.25) is 9.36 Å². The van der Waals surface area contributed by atoms with Crippen molar-refractivity contribution in [3.05, 3.63) is 22.7 Å². The number of amides is 1. The molecule has 1 saturated heterocycles. The number of carbonyl (C=O) groups excluding carboxylic acids is 1. The van der Waals surface area contributed by atoms with Crippen LogP contribution in [0.5, 0.6) is 0 Å². The molecule has 1 aliphatic rings. The number of hydrogen-bond donors (Lipinski definition) is 2. The highest BCUT2D eigenvalue weighted by Crippen LogP contribution is 2.43. The van der Waals surface area contributed by atoms with Crippen LogP contribution in [0.25, 0.3) is 0 Å². The molecule has 2 heterocycles. The number of aliphatic hydroxyl groups is 1. The van der Waals surface area contributed by atoms with Crippen molar-refractivity contribution in [1.82, 2.24) is 9.55 Å². The first-order valence-corrected chi connectivity index (χ1v) is 14.8. The standard InChI is InChI=1S/C23H39F2N3O5Si/c1-8-10-15(11-9-2)19(30)26-17-12-13-28(21(31)27-17)20-23(24,25)18(29)16(33-20)14-32-34(6,7)22(3,4)5/h12-13,15-16,18,20,29H,8-11,14H2,1-7H3,(H,26,27,30,31)/t16-,18-,20-/m1/s1. The Bertz CT molecular complexity index is 897. The number of halogens is 2. The van der Waals surface area contributed by atoms with Crippen LogP contribution >= 0.6 is 0 Å². The molecule has 0 spiro atoms. The van der Waals surface area contributed by atoms with Gasteiger partial charge in [-0.1, -0.05) is 47.5 Å². The third kappa shape index (κ3) is 6.29. The Morgan fingerprint density at radius 1 is 1.32 bits per heavy atom. The average Bonchev–Trinajstić information content (AvgIpc) is 2.95. The molecule has 8 nitrogen and oxygen atoms in total. The zero-order valence-electron chi connectivity index (χ0n) is 21.2. The summed E-state index contributed by atoms with van der Waals surface area (Å²) in [4.78, 5) is 28.8. The van der Waals surface area contributed by atoms with Gasteiger partial charge in [0.25, 0.3) is 0 Å². The second-order valence-corrected chi connectivity index (χ2v) is 15.3. The van der Waals surface area contributed by atoms with Gasteiger partial charge in [0.15, 0.2) is 14.4 Å². The fourth-order valence-electron chi connectivity index (χ4n) is 3.61. The number of anilines is 1. The third-order valence-corrected chi connectivity index (χ3v) is 11.3. The van der Waals surface area contributed by atoms with Gasteiger partial charge in [0.2, 0.25) is 12.1 Å². The normalized spacial score (nSPS) is 22.9. The van der Waals surface area contributed by atoms with Crippen LogP contribution in [-0.2, 0) is 14.0 Å². The van der Waals surface area contributed by atoms with Crippen molar-refractivity contribution in [3.8, 4) is 0 Å². The van der Waals surface area contributed by atoms with Crippen LogP contribution in [0, 0.1) is 5.92 Å². The summed E-state index contributed by atoms with van der Waals surface area (Å²) in [5, 5.41) is 12.7. The zero-order valence-corrected chi connectivity index (χ0v) is 22.2. The summed E-state index contributed by atoms with van der Waals surface area (Å²) in [6.07, 6.45) is -1.30. The molecular formula is C23H39F2N3O5Si. The maximum atomic E-state index is 14.9. The zero-order chi connectivity index (χ0) is 25.9. The molecule has 1 aromatic rings. The lowest BCUT2D eigenvalue weighted by Crippen LogP contribution is -2.45. The van der Waals surface area contributed by atoms with E-state index in [4.69, 9.17) is 9.16 Å². The third-order valence-electron chi connectivity index (χ3n) is 6.77. The summed E-state index contributed by atoms with van der Waals surface area (Å²) in [5.74, 6) is -4.21. The Morgan fingerprint density at radius 3 is 2.41 bits per heavy atom. The summed E-state index contributed by atoms with van der Waals surface area (Å²) in [5.41, 5.74) is -1.01. The van der Waals surface area contributed by atoms with Crippen LogP contribution in [0.4, 0.5) is 14.6 Å². The molecule has 0 aliphatic carbocycles. The van der Waals surface area contributed by atoms with Gasteiger partial charge in [0, 0.05) is 12.1 Å². The quantitative estimate of drug-likeness (QED) is 0.461. The topological polar surface area (TPSA) is 103 Å². The van der Waals surface area contributed by atoms with Crippen molar-refractivity contribution < 1.29 is 27.8 Å². The summed E-state index contributed by atoms with van der Waals surface area (Å²) in [7, 11) is -2.26.